The number of aliphatic hydroxyl groups excluding tert-OH is 1. The Labute approximate surface area is 132 Å². The van der Waals surface area contributed by atoms with Crippen molar-refractivity contribution in [3.8, 4) is 16.9 Å². The van der Waals surface area contributed by atoms with E-state index >= 15 is 0 Å². The first-order valence-electron chi connectivity index (χ1n) is 7.67. The molecule has 3 N–H and O–H groups in total. The Morgan fingerprint density at radius 2 is 1.73 bits per heavy atom. The van der Waals surface area contributed by atoms with Gasteiger partial charge in [0.05, 0.1) is 6.61 Å². The third-order valence-electron chi connectivity index (χ3n) is 3.74. The van der Waals surface area contributed by atoms with Crippen LogP contribution in [0.15, 0.2) is 42.5 Å². The van der Waals surface area contributed by atoms with E-state index in [1.54, 1.807) is 0 Å². The molecule has 0 radical (unpaired) electrons. The summed E-state index contributed by atoms with van der Waals surface area (Å²) in [6, 6.07) is 14.0. The van der Waals surface area contributed by atoms with Gasteiger partial charge >= 0.3 is 0 Å². The van der Waals surface area contributed by atoms with Crippen molar-refractivity contribution in [1.82, 2.24) is 5.32 Å². The van der Waals surface area contributed by atoms with E-state index in [9.17, 15) is 5.11 Å². The zero-order valence-corrected chi connectivity index (χ0v) is 13.6. The largest absolute Gasteiger partial charge is 0.507 e. The van der Waals surface area contributed by atoms with Gasteiger partial charge in [-0.3, -0.25) is 0 Å². The molecule has 0 spiro atoms. The van der Waals surface area contributed by atoms with E-state index in [1.807, 2.05) is 36.4 Å². The lowest BCUT2D eigenvalue weighted by Crippen LogP contribution is -2.19. The summed E-state index contributed by atoms with van der Waals surface area (Å²) < 4.78 is 0. The highest BCUT2D eigenvalue weighted by atomic mass is 16.3. The molecular formula is C19H25NO2. The van der Waals surface area contributed by atoms with E-state index in [4.69, 9.17) is 5.11 Å². The van der Waals surface area contributed by atoms with Gasteiger partial charge in [-0.2, -0.15) is 0 Å². The Kier molecular flexibility index (Phi) is 5.22. The predicted molar refractivity (Wildman–Crippen MR) is 91.0 cm³/mol. The molecular weight excluding hydrogens is 274 g/mol. The van der Waals surface area contributed by atoms with Gasteiger partial charge in [0.1, 0.15) is 5.75 Å². The van der Waals surface area contributed by atoms with Crippen molar-refractivity contribution in [2.24, 2.45) is 0 Å². The molecule has 2 rings (SSSR count). The van der Waals surface area contributed by atoms with Gasteiger partial charge in [-0.05, 0) is 22.6 Å². The second-order valence-electron chi connectivity index (χ2n) is 6.55. The van der Waals surface area contributed by atoms with E-state index in [1.165, 1.54) is 5.56 Å². The lowest BCUT2D eigenvalue weighted by molar-refractivity contribution is 0.291. The molecule has 3 nitrogen and oxygen atoms in total. The smallest absolute Gasteiger partial charge is 0.127 e. The Balaban J connectivity index is 2.50. The molecule has 0 bridgehead atoms. The normalized spacial score (nSPS) is 11.6. The minimum atomic E-state index is 0.00294. The molecule has 0 aliphatic heterocycles. The fourth-order valence-corrected chi connectivity index (χ4v) is 2.40. The van der Waals surface area contributed by atoms with Crippen molar-refractivity contribution in [2.45, 2.75) is 32.7 Å². The zero-order valence-electron chi connectivity index (χ0n) is 13.6. The van der Waals surface area contributed by atoms with Crippen LogP contribution in [0.3, 0.4) is 0 Å². The Hall–Kier alpha value is -1.84. The van der Waals surface area contributed by atoms with Crippen molar-refractivity contribution >= 4 is 0 Å². The van der Waals surface area contributed by atoms with E-state index in [2.05, 4.69) is 32.2 Å². The Morgan fingerprint density at radius 1 is 1.05 bits per heavy atom. The average Bonchev–Trinajstić information content (AvgIpc) is 2.49. The van der Waals surface area contributed by atoms with Crippen LogP contribution < -0.4 is 5.32 Å². The van der Waals surface area contributed by atoms with Gasteiger partial charge in [0.25, 0.3) is 0 Å². The van der Waals surface area contributed by atoms with Gasteiger partial charge in [0, 0.05) is 24.2 Å². The molecule has 0 saturated carbocycles. The quantitative estimate of drug-likeness (QED) is 0.741. The van der Waals surface area contributed by atoms with Crippen LogP contribution in [0.4, 0.5) is 0 Å². The van der Waals surface area contributed by atoms with E-state index in [0.717, 1.165) is 16.7 Å². The van der Waals surface area contributed by atoms with Gasteiger partial charge in [-0.1, -0.05) is 57.2 Å². The predicted octanol–water partition coefficient (Wildman–Crippen LogP) is 3.44. The van der Waals surface area contributed by atoms with Crippen LogP contribution in [0.2, 0.25) is 0 Å². The van der Waals surface area contributed by atoms with Gasteiger partial charge in [-0.15, -0.1) is 0 Å². The SMILES string of the molecule is CC(C)(C)c1cc(CNCCO)c(O)c(-c2ccccc2)c1. The summed E-state index contributed by atoms with van der Waals surface area (Å²) >= 11 is 0. The summed E-state index contributed by atoms with van der Waals surface area (Å²) in [5, 5.41) is 22.7. The molecule has 2 aromatic rings. The number of phenolic OH excluding ortho intramolecular Hbond substituents is 1. The fraction of sp³-hybridized carbons (Fsp3) is 0.368. The molecule has 3 heteroatoms. The standard InChI is InChI=1S/C19H25NO2/c1-19(2,3)16-11-15(13-20-9-10-21)18(22)17(12-16)14-7-5-4-6-8-14/h4-8,11-12,20-22H,9-10,13H2,1-3H3. The maximum atomic E-state index is 10.6. The van der Waals surface area contributed by atoms with Gasteiger partial charge in [-0.25, -0.2) is 0 Å². The van der Waals surface area contributed by atoms with Crippen molar-refractivity contribution in [3.05, 3.63) is 53.6 Å². The molecule has 0 aliphatic rings. The average molecular weight is 299 g/mol. The van der Waals surface area contributed by atoms with Crippen molar-refractivity contribution in [1.29, 1.82) is 0 Å². The number of phenols is 1. The summed E-state index contributed by atoms with van der Waals surface area (Å²) in [5.41, 5.74) is 3.91. The third kappa shape index (κ3) is 3.87. The minimum Gasteiger partial charge on any atom is -0.507 e. The minimum absolute atomic E-state index is 0.00294. The van der Waals surface area contributed by atoms with Crippen LogP contribution >= 0.6 is 0 Å². The Bertz CT molecular complexity index is 615. The molecule has 0 saturated heterocycles. The van der Waals surface area contributed by atoms with Crippen LogP contribution in [0, 0.1) is 0 Å². The van der Waals surface area contributed by atoms with Gasteiger partial charge in [0.15, 0.2) is 0 Å². The number of aliphatic hydroxyl groups is 1. The number of hydrogen-bond acceptors (Lipinski definition) is 3. The molecule has 2 aromatic carbocycles. The Morgan fingerprint density at radius 3 is 2.32 bits per heavy atom. The van der Waals surface area contributed by atoms with Crippen LogP contribution in [-0.2, 0) is 12.0 Å². The molecule has 0 heterocycles. The van der Waals surface area contributed by atoms with Crippen molar-refractivity contribution in [3.63, 3.8) is 0 Å². The first kappa shape index (κ1) is 16.5. The van der Waals surface area contributed by atoms with Crippen LogP contribution in [0.1, 0.15) is 31.9 Å². The molecule has 0 amide bonds. The number of benzene rings is 2. The molecule has 0 atom stereocenters. The van der Waals surface area contributed by atoms with E-state index in [0.29, 0.717) is 18.8 Å². The lowest BCUT2D eigenvalue weighted by atomic mass is 9.83. The molecule has 0 unspecified atom stereocenters. The highest BCUT2D eigenvalue weighted by molar-refractivity contribution is 5.73. The van der Waals surface area contributed by atoms with E-state index in [-0.39, 0.29) is 12.0 Å². The zero-order chi connectivity index (χ0) is 16.2. The second kappa shape index (κ2) is 6.95. The summed E-state index contributed by atoms with van der Waals surface area (Å²) in [4.78, 5) is 0. The van der Waals surface area contributed by atoms with Gasteiger partial charge < -0.3 is 15.5 Å². The van der Waals surface area contributed by atoms with Crippen molar-refractivity contribution in [2.75, 3.05) is 13.2 Å². The fourth-order valence-electron chi connectivity index (χ4n) is 2.40. The third-order valence-corrected chi connectivity index (χ3v) is 3.74. The number of aromatic hydroxyl groups is 1. The maximum absolute atomic E-state index is 10.6. The van der Waals surface area contributed by atoms with Crippen LogP contribution in [0.5, 0.6) is 5.75 Å². The maximum Gasteiger partial charge on any atom is 0.127 e. The molecule has 0 aliphatic carbocycles. The summed E-state index contributed by atoms with van der Waals surface area (Å²) in [6.45, 7) is 7.64. The van der Waals surface area contributed by atoms with Crippen molar-refractivity contribution < 1.29 is 10.2 Å². The first-order chi connectivity index (χ1) is 10.4. The van der Waals surface area contributed by atoms with Gasteiger partial charge in [0.2, 0.25) is 0 Å². The topological polar surface area (TPSA) is 52.5 Å². The molecule has 0 aromatic heterocycles. The molecule has 22 heavy (non-hydrogen) atoms. The highest BCUT2D eigenvalue weighted by Gasteiger charge is 2.19. The molecule has 0 fully saturated rings. The number of hydrogen-bond donors (Lipinski definition) is 3. The summed E-state index contributed by atoms with van der Waals surface area (Å²) in [7, 11) is 0. The summed E-state index contributed by atoms with van der Waals surface area (Å²) in [6.07, 6.45) is 0. The lowest BCUT2D eigenvalue weighted by Gasteiger charge is -2.23. The van der Waals surface area contributed by atoms with Crippen LogP contribution in [0.25, 0.3) is 11.1 Å². The summed E-state index contributed by atoms with van der Waals surface area (Å²) in [5.74, 6) is 0.310. The monoisotopic (exact) mass is 299 g/mol. The van der Waals surface area contributed by atoms with Crippen LogP contribution in [-0.4, -0.2) is 23.4 Å². The second-order valence-corrected chi connectivity index (χ2v) is 6.55. The molecule has 118 valence electrons. The first-order valence-corrected chi connectivity index (χ1v) is 7.67. The number of rotatable bonds is 5. The highest BCUT2D eigenvalue weighted by Crippen LogP contribution is 2.37. The van der Waals surface area contributed by atoms with E-state index < -0.39 is 0 Å². The number of nitrogens with one attached hydrogen (secondary N) is 1.